The summed E-state index contributed by atoms with van der Waals surface area (Å²) in [6, 6.07) is 0. The minimum absolute atomic E-state index is 0.0456. The first-order chi connectivity index (χ1) is 8.56. The lowest BCUT2D eigenvalue weighted by molar-refractivity contribution is -0.119. The Hall–Kier alpha value is -0.960. The summed E-state index contributed by atoms with van der Waals surface area (Å²) in [5.74, 6) is 0.0168. The maximum absolute atomic E-state index is 12.6. The van der Waals surface area contributed by atoms with E-state index in [-0.39, 0.29) is 11.7 Å². The summed E-state index contributed by atoms with van der Waals surface area (Å²) in [4.78, 5) is 12.0. The van der Waals surface area contributed by atoms with Gasteiger partial charge in [0.1, 0.15) is 6.17 Å². The van der Waals surface area contributed by atoms with Gasteiger partial charge in [0.2, 0.25) is 0 Å². The van der Waals surface area contributed by atoms with Crippen LogP contribution < -0.4 is 5.73 Å². The van der Waals surface area contributed by atoms with Crippen LogP contribution in [0.5, 0.6) is 0 Å². The highest BCUT2D eigenvalue weighted by atomic mass is 19.1. The predicted octanol–water partition coefficient (Wildman–Crippen LogP) is 3.82. The summed E-state index contributed by atoms with van der Waals surface area (Å²) < 4.78 is 12.6. The topological polar surface area (TPSA) is 43.1 Å². The van der Waals surface area contributed by atoms with Crippen molar-refractivity contribution in [1.82, 2.24) is 0 Å². The quantitative estimate of drug-likeness (QED) is 0.556. The number of carbonyl (C=O) groups excluding carboxylic acids is 1. The molecule has 3 heteroatoms. The standard InChI is InChI=1S/C13H22FNO.C2H6/c1-4-11(7-6-10(3)14)13(16)12(5-2)8-9-15;1-2/h4,6-7,10,12H,5,8-9,15H2,1-3H3;1-2H3/b7-6-,11-4+;. The Balaban J connectivity index is 0. The molecule has 0 aromatic carbocycles. The molecule has 0 fully saturated rings. The second-order valence-electron chi connectivity index (χ2n) is 3.83. The Kier molecular flexibility index (Phi) is 13.5. The molecule has 106 valence electrons. The predicted molar refractivity (Wildman–Crippen MR) is 77.3 cm³/mol. The molecule has 2 unspecified atom stereocenters. The van der Waals surface area contributed by atoms with Crippen LogP contribution in [0.3, 0.4) is 0 Å². The molecule has 0 aromatic heterocycles. The van der Waals surface area contributed by atoms with E-state index in [9.17, 15) is 9.18 Å². The molecule has 0 amide bonds. The number of ketones is 1. The fourth-order valence-corrected chi connectivity index (χ4v) is 1.51. The van der Waals surface area contributed by atoms with Crippen molar-refractivity contribution < 1.29 is 9.18 Å². The molecule has 0 radical (unpaired) electrons. The van der Waals surface area contributed by atoms with E-state index in [1.165, 1.54) is 13.0 Å². The number of allylic oxidation sites excluding steroid dienone is 4. The number of halogens is 1. The van der Waals surface area contributed by atoms with Gasteiger partial charge in [-0.25, -0.2) is 4.39 Å². The van der Waals surface area contributed by atoms with Crippen molar-refractivity contribution in [2.75, 3.05) is 6.54 Å². The van der Waals surface area contributed by atoms with E-state index in [1.807, 2.05) is 20.8 Å². The summed E-state index contributed by atoms with van der Waals surface area (Å²) >= 11 is 0. The third-order valence-corrected chi connectivity index (χ3v) is 2.52. The molecule has 2 atom stereocenters. The van der Waals surface area contributed by atoms with Gasteiger partial charge in [-0.1, -0.05) is 39.0 Å². The molecule has 0 rings (SSSR count). The largest absolute Gasteiger partial charge is 0.330 e. The molecule has 2 nitrogen and oxygen atoms in total. The van der Waals surface area contributed by atoms with Crippen molar-refractivity contribution in [3.63, 3.8) is 0 Å². The minimum Gasteiger partial charge on any atom is -0.330 e. The van der Waals surface area contributed by atoms with E-state index >= 15 is 0 Å². The molecule has 0 aliphatic heterocycles. The Labute approximate surface area is 111 Å². The molecule has 18 heavy (non-hydrogen) atoms. The van der Waals surface area contributed by atoms with E-state index in [2.05, 4.69) is 0 Å². The fourth-order valence-electron chi connectivity index (χ4n) is 1.51. The molecular weight excluding hydrogens is 229 g/mol. The fraction of sp³-hybridized carbons (Fsp3) is 0.667. The molecule has 0 spiro atoms. The molecule has 0 bridgehead atoms. The lowest BCUT2D eigenvalue weighted by Crippen LogP contribution is -2.19. The zero-order valence-corrected chi connectivity index (χ0v) is 12.4. The van der Waals surface area contributed by atoms with Gasteiger partial charge in [-0.2, -0.15) is 0 Å². The zero-order chi connectivity index (χ0) is 14.6. The van der Waals surface area contributed by atoms with E-state index in [0.29, 0.717) is 18.5 Å². The van der Waals surface area contributed by atoms with Gasteiger partial charge in [-0.05, 0) is 33.2 Å². The third-order valence-electron chi connectivity index (χ3n) is 2.52. The molecule has 2 N–H and O–H groups in total. The second kappa shape index (κ2) is 12.5. The zero-order valence-electron chi connectivity index (χ0n) is 12.4. The lowest BCUT2D eigenvalue weighted by Gasteiger charge is -2.12. The highest BCUT2D eigenvalue weighted by Crippen LogP contribution is 2.15. The van der Waals surface area contributed by atoms with Gasteiger partial charge >= 0.3 is 0 Å². The van der Waals surface area contributed by atoms with Gasteiger partial charge < -0.3 is 5.73 Å². The van der Waals surface area contributed by atoms with Gasteiger partial charge in [0, 0.05) is 11.5 Å². The Morgan fingerprint density at radius 1 is 1.39 bits per heavy atom. The average molecular weight is 257 g/mol. The van der Waals surface area contributed by atoms with Crippen molar-refractivity contribution in [3.8, 4) is 0 Å². The summed E-state index contributed by atoms with van der Waals surface area (Å²) in [5.41, 5.74) is 6.03. The SMILES string of the molecule is C/C=C(\C=C/C(C)F)C(=O)C(CC)CCN.CC. The van der Waals surface area contributed by atoms with Gasteiger partial charge in [0.25, 0.3) is 0 Å². The summed E-state index contributed by atoms with van der Waals surface area (Å²) in [5, 5.41) is 0. The molecule has 0 saturated heterocycles. The van der Waals surface area contributed by atoms with Gasteiger partial charge in [0.05, 0.1) is 0 Å². The van der Waals surface area contributed by atoms with Crippen LogP contribution in [-0.4, -0.2) is 18.5 Å². The summed E-state index contributed by atoms with van der Waals surface area (Å²) in [6.07, 6.45) is 5.10. The Bertz CT molecular complexity index is 270. The van der Waals surface area contributed by atoms with Crippen LogP contribution >= 0.6 is 0 Å². The first kappa shape index (κ1) is 19.4. The molecule has 0 aromatic rings. The monoisotopic (exact) mass is 257 g/mol. The molecular formula is C15H28FNO. The highest BCUT2D eigenvalue weighted by Gasteiger charge is 2.17. The number of hydrogen-bond donors (Lipinski definition) is 1. The van der Waals surface area contributed by atoms with Crippen LogP contribution in [0.2, 0.25) is 0 Å². The number of nitrogens with two attached hydrogens (primary N) is 1. The number of rotatable bonds is 7. The lowest BCUT2D eigenvalue weighted by atomic mass is 9.91. The van der Waals surface area contributed by atoms with Crippen LogP contribution in [0.25, 0.3) is 0 Å². The van der Waals surface area contributed by atoms with Crippen LogP contribution in [0.15, 0.2) is 23.8 Å². The van der Waals surface area contributed by atoms with Gasteiger partial charge in [-0.3, -0.25) is 4.79 Å². The van der Waals surface area contributed by atoms with Crippen LogP contribution in [0, 0.1) is 5.92 Å². The van der Waals surface area contributed by atoms with Crippen molar-refractivity contribution in [1.29, 1.82) is 0 Å². The van der Waals surface area contributed by atoms with Crippen molar-refractivity contribution in [2.24, 2.45) is 11.7 Å². The first-order valence-corrected chi connectivity index (χ1v) is 6.79. The molecule has 0 aliphatic rings. The third kappa shape index (κ3) is 8.18. The van der Waals surface area contributed by atoms with Crippen molar-refractivity contribution in [2.45, 2.75) is 53.6 Å². The van der Waals surface area contributed by atoms with E-state index < -0.39 is 6.17 Å². The maximum Gasteiger partial charge on any atom is 0.165 e. The molecule has 0 aliphatic carbocycles. The number of Topliss-reactive ketones (excluding diaryl/α,β-unsaturated/α-hetero) is 1. The molecule has 0 heterocycles. The van der Waals surface area contributed by atoms with Crippen LogP contribution in [0.1, 0.15) is 47.5 Å². The average Bonchev–Trinajstić information content (AvgIpc) is 2.38. The van der Waals surface area contributed by atoms with Crippen molar-refractivity contribution in [3.05, 3.63) is 23.8 Å². The number of carbonyl (C=O) groups is 1. The van der Waals surface area contributed by atoms with Crippen LogP contribution in [0.4, 0.5) is 4.39 Å². The smallest absolute Gasteiger partial charge is 0.165 e. The van der Waals surface area contributed by atoms with Gasteiger partial charge in [0.15, 0.2) is 5.78 Å². The molecule has 0 saturated carbocycles. The van der Waals surface area contributed by atoms with E-state index in [0.717, 1.165) is 6.42 Å². The van der Waals surface area contributed by atoms with E-state index in [1.54, 1.807) is 19.1 Å². The summed E-state index contributed by atoms with van der Waals surface area (Å²) in [6.45, 7) is 9.69. The van der Waals surface area contributed by atoms with Crippen LogP contribution in [-0.2, 0) is 4.79 Å². The first-order valence-electron chi connectivity index (χ1n) is 6.79. The Morgan fingerprint density at radius 3 is 2.28 bits per heavy atom. The normalized spacial score (nSPS) is 14.9. The minimum atomic E-state index is -1.03. The highest BCUT2D eigenvalue weighted by molar-refractivity contribution is 5.99. The van der Waals surface area contributed by atoms with E-state index in [4.69, 9.17) is 5.73 Å². The van der Waals surface area contributed by atoms with Crippen molar-refractivity contribution >= 4 is 5.78 Å². The van der Waals surface area contributed by atoms with Gasteiger partial charge in [-0.15, -0.1) is 0 Å². The Morgan fingerprint density at radius 2 is 1.94 bits per heavy atom. The number of alkyl halides is 1. The second-order valence-corrected chi connectivity index (χ2v) is 3.83. The maximum atomic E-state index is 12.6. The number of hydrogen-bond acceptors (Lipinski definition) is 2. The summed E-state index contributed by atoms with van der Waals surface area (Å²) in [7, 11) is 0.